The first-order valence-electron chi connectivity index (χ1n) is 6.30. The molecule has 0 saturated carbocycles. The van der Waals surface area contributed by atoms with Crippen molar-refractivity contribution in [1.29, 1.82) is 0 Å². The van der Waals surface area contributed by atoms with E-state index in [2.05, 4.69) is 9.97 Å². The molecule has 0 aliphatic carbocycles. The minimum absolute atomic E-state index is 0.205. The maximum Gasteiger partial charge on any atom is 0.405 e. The minimum Gasteiger partial charge on any atom is -0.384 e. The summed E-state index contributed by atoms with van der Waals surface area (Å²) in [6, 6.07) is 1.39. The van der Waals surface area contributed by atoms with Crippen molar-refractivity contribution < 1.29 is 13.2 Å². The Kier molecular flexibility index (Phi) is 5.38. The maximum atomic E-state index is 12.5. The van der Waals surface area contributed by atoms with E-state index < -0.39 is 12.7 Å². The van der Waals surface area contributed by atoms with Crippen LogP contribution < -0.4 is 10.6 Å². The lowest BCUT2D eigenvalue weighted by Gasteiger charge is -2.24. The zero-order chi connectivity index (χ0) is 14.5. The van der Waals surface area contributed by atoms with Gasteiger partial charge >= 0.3 is 6.18 Å². The average molecular weight is 276 g/mol. The summed E-state index contributed by atoms with van der Waals surface area (Å²) in [5, 5.41) is 0. The van der Waals surface area contributed by atoms with Gasteiger partial charge in [0, 0.05) is 19.0 Å². The van der Waals surface area contributed by atoms with Gasteiger partial charge in [0.2, 0.25) is 0 Å². The topological polar surface area (TPSA) is 55.0 Å². The molecule has 108 valence electrons. The SMILES string of the molecule is CCCc1nc(N)cc(N(CCC)CC(F)(F)F)n1. The van der Waals surface area contributed by atoms with E-state index in [0.29, 0.717) is 18.7 Å². The summed E-state index contributed by atoms with van der Waals surface area (Å²) in [5.74, 6) is 0.938. The van der Waals surface area contributed by atoms with Crippen molar-refractivity contribution in [3.05, 3.63) is 11.9 Å². The third kappa shape index (κ3) is 5.32. The van der Waals surface area contributed by atoms with Crippen LogP contribution in [0.2, 0.25) is 0 Å². The van der Waals surface area contributed by atoms with Gasteiger partial charge in [0.05, 0.1) is 0 Å². The number of nitrogens with zero attached hydrogens (tertiary/aromatic N) is 3. The summed E-state index contributed by atoms with van der Waals surface area (Å²) in [4.78, 5) is 9.37. The van der Waals surface area contributed by atoms with Crippen LogP contribution in [0.25, 0.3) is 0 Å². The largest absolute Gasteiger partial charge is 0.405 e. The molecule has 0 radical (unpaired) electrons. The molecule has 0 fully saturated rings. The van der Waals surface area contributed by atoms with Gasteiger partial charge < -0.3 is 10.6 Å². The highest BCUT2D eigenvalue weighted by Gasteiger charge is 2.31. The molecule has 0 bridgehead atoms. The zero-order valence-electron chi connectivity index (χ0n) is 11.2. The molecule has 19 heavy (non-hydrogen) atoms. The van der Waals surface area contributed by atoms with Crippen LogP contribution in [0.5, 0.6) is 0 Å². The van der Waals surface area contributed by atoms with Crippen molar-refractivity contribution in [2.24, 2.45) is 0 Å². The molecule has 4 nitrogen and oxygen atoms in total. The predicted octanol–water partition coefficient (Wildman–Crippen LogP) is 2.79. The number of aromatic nitrogens is 2. The zero-order valence-corrected chi connectivity index (χ0v) is 11.2. The second-order valence-electron chi connectivity index (χ2n) is 4.35. The molecule has 2 N–H and O–H groups in total. The third-order valence-electron chi connectivity index (χ3n) is 2.44. The smallest absolute Gasteiger partial charge is 0.384 e. The standard InChI is InChI=1S/C12H19F3N4/c1-3-5-10-17-9(16)7-11(18-10)19(6-4-2)8-12(13,14)15/h7H,3-6,8H2,1-2H3,(H2,16,17,18). The van der Waals surface area contributed by atoms with Crippen LogP contribution in [-0.2, 0) is 6.42 Å². The Bertz CT molecular complexity index is 406. The van der Waals surface area contributed by atoms with E-state index in [0.717, 1.165) is 6.42 Å². The molecular weight excluding hydrogens is 257 g/mol. The van der Waals surface area contributed by atoms with Crippen molar-refractivity contribution in [3.63, 3.8) is 0 Å². The lowest BCUT2D eigenvalue weighted by molar-refractivity contribution is -0.119. The molecular formula is C12H19F3N4. The molecule has 1 rings (SSSR count). The van der Waals surface area contributed by atoms with E-state index in [-0.39, 0.29) is 18.2 Å². The van der Waals surface area contributed by atoms with Gasteiger partial charge in [-0.05, 0) is 12.8 Å². The summed E-state index contributed by atoms with van der Waals surface area (Å²) in [6.07, 6.45) is -2.25. The highest BCUT2D eigenvalue weighted by atomic mass is 19.4. The second-order valence-corrected chi connectivity index (χ2v) is 4.35. The van der Waals surface area contributed by atoms with Gasteiger partial charge in [-0.25, -0.2) is 9.97 Å². The molecule has 0 aromatic carbocycles. The minimum atomic E-state index is -4.26. The average Bonchev–Trinajstić information content (AvgIpc) is 2.26. The van der Waals surface area contributed by atoms with E-state index in [9.17, 15) is 13.2 Å². The summed E-state index contributed by atoms with van der Waals surface area (Å²) < 4.78 is 37.6. The van der Waals surface area contributed by atoms with E-state index in [1.165, 1.54) is 11.0 Å². The Hall–Kier alpha value is -1.53. The molecule has 0 spiro atoms. The van der Waals surface area contributed by atoms with Crippen LogP contribution in [0.15, 0.2) is 6.07 Å². The number of halogens is 3. The number of hydrogen-bond acceptors (Lipinski definition) is 4. The molecule has 0 aliphatic heterocycles. The number of nitrogen functional groups attached to an aromatic ring is 1. The lowest BCUT2D eigenvalue weighted by Crippen LogP contribution is -2.35. The number of aryl methyl sites for hydroxylation is 1. The van der Waals surface area contributed by atoms with E-state index in [1.807, 2.05) is 13.8 Å². The molecule has 0 saturated heterocycles. The van der Waals surface area contributed by atoms with Gasteiger partial charge in [0.1, 0.15) is 24.0 Å². The molecule has 1 heterocycles. The van der Waals surface area contributed by atoms with Gasteiger partial charge in [-0.2, -0.15) is 13.2 Å². The molecule has 0 aliphatic rings. The lowest BCUT2D eigenvalue weighted by atomic mass is 10.3. The highest BCUT2D eigenvalue weighted by molar-refractivity contribution is 5.47. The van der Waals surface area contributed by atoms with E-state index in [4.69, 9.17) is 5.73 Å². The van der Waals surface area contributed by atoms with Gasteiger partial charge in [-0.3, -0.25) is 0 Å². The second kappa shape index (κ2) is 6.58. The monoisotopic (exact) mass is 276 g/mol. The Labute approximate surface area is 110 Å². The molecule has 0 amide bonds. The molecule has 0 atom stereocenters. The van der Waals surface area contributed by atoms with Crippen molar-refractivity contribution in [2.45, 2.75) is 39.3 Å². The molecule has 1 aromatic heterocycles. The fourth-order valence-electron chi connectivity index (χ4n) is 1.76. The van der Waals surface area contributed by atoms with Crippen LogP contribution in [-0.4, -0.2) is 29.2 Å². The summed E-state index contributed by atoms with van der Waals surface area (Å²) >= 11 is 0. The maximum absolute atomic E-state index is 12.5. The van der Waals surface area contributed by atoms with Crippen LogP contribution in [0.4, 0.5) is 24.8 Å². The van der Waals surface area contributed by atoms with Crippen molar-refractivity contribution in [2.75, 3.05) is 23.7 Å². The van der Waals surface area contributed by atoms with Gasteiger partial charge in [-0.1, -0.05) is 13.8 Å². The molecule has 1 aromatic rings. The number of anilines is 2. The Morgan fingerprint density at radius 1 is 1.21 bits per heavy atom. The fraction of sp³-hybridized carbons (Fsp3) is 0.667. The summed E-state index contributed by atoms with van der Waals surface area (Å²) in [7, 11) is 0. The first-order chi connectivity index (χ1) is 8.85. The Balaban J connectivity index is 3.00. The van der Waals surface area contributed by atoms with Crippen molar-refractivity contribution in [3.8, 4) is 0 Å². The van der Waals surface area contributed by atoms with Gasteiger partial charge in [-0.15, -0.1) is 0 Å². The summed E-state index contributed by atoms with van der Waals surface area (Å²) in [6.45, 7) is 3.02. The number of nitrogens with two attached hydrogens (primary N) is 1. The normalized spacial score (nSPS) is 11.6. The third-order valence-corrected chi connectivity index (χ3v) is 2.44. The van der Waals surface area contributed by atoms with Crippen LogP contribution in [0.3, 0.4) is 0 Å². The quantitative estimate of drug-likeness (QED) is 0.868. The van der Waals surface area contributed by atoms with Crippen LogP contribution >= 0.6 is 0 Å². The van der Waals surface area contributed by atoms with Gasteiger partial charge in [0.25, 0.3) is 0 Å². The fourth-order valence-corrected chi connectivity index (χ4v) is 1.76. The highest BCUT2D eigenvalue weighted by Crippen LogP contribution is 2.22. The van der Waals surface area contributed by atoms with E-state index >= 15 is 0 Å². The van der Waals surface area contributed by atoms with E-state index in [1.54, 1.807) is 0 Å². The predicted molar refractivity (Wildman–Crippen MR) is 69.0 cm³/mol. The van der Waals surface area contributed by atoms with Crippen molar-refractivity contribution in [1.82, 2.24) is 9.97 Å². The Morgan fingerprint density at radius 3 is 2.42 bits per heavy atom. The van der Waals surface area contributed by atoms with Gasteiger partial charge in [0.15, 0.2) is 0 Å². The Morgan fingerprint density at radius 2 is 1.89 bits per heavy atom. The summed E-state index contributed by atoms with van der Waals surface area (Å²) in [5.41, 5.74) is 5.63. The van der Waals surface area contributed by atoms with Crippen LogP contribution in [0, 0.1) is 0 Å². The van der Waals surface area contributed by atoms with Crippen molar-refractivity contribution >= 4 is 11.6 Å². The van der Waals surface area contributed by atoms with Crippen LogP contribution in [0.1, 0.15) is 32.5 Å². The molecule has 7 heteroatoms. The number of alkyl halides is 3. The number of rotatable bonds is 6. The first-order valence-corrected chi connectivity index (χ1v) is 6.30. The molecule has 0 unspecified atom stereocenters. The first kappa shape index (κ1) is 15.5. The number of hydrogen-bond donors (Lipinski definition) is 1.